The fourth-order valence-corrected chi connectivity index (χ4v) is 5.56. The zero-order valence-corrected chi connectivity index (χ0v) is 15.5. The van der Waals surface area contributed by atoms with Gasteiger partial charge in [-0.1, -0.05) is 0 Å². The van der Waals surface area contributed by atoms with Crippen LogP contribution in [0.25, 0.3) is 0 Å². The summed E-state index contributed by atoms with van der Waals surface area (Å²) >= 11 is 1.51. The lowest BCUT2D eigenvalue weighted by molar-refractivity contribution is 0.223. The van der Waals surface area contributed by atoms with E-state index >= 15 is 0 Å². The molecule has 3 rings (SSSR count). The molecule has 1 N–H and O–H groups in total. The van der Waals surface area contributed by atoms with E-state index < -0.39 is 26.2 Å². The molecule has 0 bridgehead atoms. The number of aliphatic hydroxyl groups excluding tert-OH is 1. The van der Waals surface area contributed by atoms with Gasteiger partial charge in [-0.05, 0) is 22.4 Å². The molecule has 3 heterocycles. The highest BCUT2D eigenvalue weighted by Gasteiger charge is 2.41. The lowest BCUT2D eigenvalue weighted by Crippen LogP contribution is -2.42. The van der Waals surface area contributed by atoms with Gasteiger partial charge in [-0.25, -0.2) is 13.2 Å². The van der Waals surface area contributed by atoms with Gasteiger partial charge in [-0.15, -0.1) is 0 Å². The van der Waals surface area contributed by atoms with Gasteiger partial charge in [0.2, 0.25) is 10.0 Å². The van der Waals surface area contributed by atoms with Crippen molar-refractivity contribution in [3.05, 3.63) is 49.4 Å². The second-order valence-electron chi connectivity index (χ2n) is 6.18. The molecular formula is C15H19N3O5S2. The molecule has 136 valence electrons. The van der Waals surface area contributed by atoms with E-state index in [1.165, 1.54) is 29.7 Å². The minimum Gasteiger partial charge on any atom is -0.396 e. The first-order chi connectivity index (χ1) is 11.8. The van der Waals surface area contributed by atoms with Crippen LogP contribution in [0.5, 0.6) is 0 Å². The van der Waals surface area contributed by atoms with Crippen molar-refractivity contribution in [2.75, 3.05) is 19.7 Å². The Kier molecular flexibility index (Phi) is 4.71. The number of hydrogen-bond acceptors (Lipinski definition) is 6. The minimum absolute atomic E-state index is 0.123. The second kappa shape index (κ2) is 6.52. The predicted octanol–water partition coefficient (Wildman–Crippen LogP) is -0.458. The van der Waals surface area contributed by atoms with Gasteiger partial charge in [0.05, 0.1) is 0 Å². The van der Waals surface area contributed by atoms with Crippen LogP contribution in [0.3, 0.4) is 0 Å². The molecule has 0 radical (unpaired) electrons. The Balaban J connectivity index is 2.02. The van der Waals surface area contributed by atoms with E-state index in [1.807, 2.05) is 16.8 Å². The predicted molar refractivity (Wildman–Crippen MR) is 93.3 cm³/mol. The molecular weight excluding hydrogens is 366 g/mol. The molecule has 0 aliphatic carbocycles. The van der Waals surface area contributed by atoms with Crippen LogP contribution in [0.4, 0.5) is 0 Å². The van der Waals surface area contributed by atoms with Crippen molar-refractivity contribution in [1.29, 1.82) is 0 Å². The van der Waals surface area contributed by atoms with E-state index in [4.69, 9.17) is 0 Å². The number of hydrogen-bond donors (Lipinski definition) is 1. The third kappa shape index (κ3) is 2.99. The molecule has 0 saturated carbocycles. The standard InChI is InChI=1S/C15H19N3O5S2/c1-16-7-13(14(20)17(2)15(16)21)25(22,23)18-5-11(8-19)12(6-18)10-3-4-24-9-10/h3-4,7,9,11-12,19H,5-6,8H2,1-2H3/t11-,12+/m1/s1. The van der Waals surface area contributed by atoms with Crippen molar-refractivity contribution in [3.63, 3.8) is 0 Å². The average Bonchev–Trinajstić information content (AvgIpc) is 3.24. The summed E-state index contributed by atoms with van der Waals surface area (Å²) in [5.41, 5.74) is -0.451. The van der Waals surface area contributed by atoms with Crippen LogP contribution in [-0.2, 0) is 24.1 Å². The molecule has 0 spiro atoms. The summed E-state index contributed by atoms with van der Waals surface area (Å²) < 4.78 is 29.0. The summed E-state index contributed by atoms with van der Waals surface area (Å²) in [5, 5.41) is 13.5. The zero-order chi connectivity index (χ0) is 18.4. The lowest BCUT2D eigenvalue weighted by atomic mass is 9.92. The molecule has 2 atom stereocenters. The maximum atomic E-state index is 13.0. The number of aryl methyl sites for hydroxylation is 1. The summed E-state index contributed by atoms with van der Waals surface area (Å²) in [6.45, 7) is 0.180. The Morgan fingerprint density at radius 1 is 1.28 bits per heavy atom. The largest absolute Gasteiger partial charge is 0.396 e. The smallest absolute Gasteiger partial charge is 0.330 e. The monoisotopic (exact) mass is 385 g/mol. The van der Waals surface area contributed by atoms with Crippen LogP contribution in [0.2, 0.25) is 0 Å². The highest BCUT2D eigenvalue weighted by atomic mass is 32.2. The molecule has 25 heavy (non-hydrogen) atoms. The Morgan fingerprint density at radius 3 is 2.60 bits per heavy atom. The van der Waals surface area contributed by atoms with Gasteiger partial charge < -0.3 is 9.67 Å². The molecule has 2 aromatic rings. The van der Waals surface area contributed by atoms with Crippen LogP contribution in [-0.4, -0.2) is 46.7 Å². The average molecular weight is 385 g/mol. The van der Waals surface area contributed by atoms with Crippen LogP contribution in [0, 0.1) is 5.92 Å². The molecule has 2 aromatic heterocycles. The van der Waals surface area contributed by atoms with Crippen molar-refractivity contribution in [1.82, 2.24) is 13.4 Å². The first kappa shape index (κ1) is 18.1. The Bertz CT molecular complexity index is 991. The highest BCUT2D eigenvalue weighted by Crippen LogP contribution is 2.35. The summed E-state index contributed by atoms with van der Waals surface area (Å²) in [7, 11) is -1.42. The van der Waals surface area contributed by atoms with E-state index in [1.54, 1.807) is 0 Å². The Morgan fingerprint density at radius 2 is 2.00 bits per heavy atom. The molecule has 0 amide bonds. The van der Waals surface area contributed by atoms with E-state index in [2.05, 4.69) is 0 Å². The molecule has 10 heteroatoms. The van der Waals surface area contributed by atoms with Crippen LogP contribution >= 0.6 is 11.3 Å². The summed E-state index contributed by atoms with van der Waals surface area (Å²) in [6.07, 6.45) is 1.06. The van der Waals surface area contributed by atoms with Gasteiger partial charge in [0.1, 0.15) is 0 Å². The number of aliphatic hydroxyl groups is 1. The SMILES string of the molecule is Cn1cc(S(=O)(=O)N2C[C@H](CO)[C@H](c3ccsc3)C2)c(=O)n(C)c1=O. The van der Waals surface area contributed by atoms with Crippen LogP contribution in [0.15, 0.2) is 37.5 Å². The van der Waals surface area contributed by atoms with Gasteiger partial charge in [0.15, 0.2) is 4.90 Å². The third-order valence-corrected chi connectivity index (χ3v) is 7.16. The van der Waals surface area contributed by atoms with Crippen molar-refractivity contribution < 1.29 is 13.5 Å². The molecule has 8 nitrogen and oxygen atoms in total. The van der Waals surface area contributed by atoms with E-state index in [0.29, 0.717) is 0 Å². The van der Waals surface area contributed by atoms with Gasteiger partial charge in [-0.2, -0.15) is 15.6 Å². The summed E-state index contributed by atoms with van der Waals surface area (Å²) in [4.78, 5) is 23.7. The topological polar surface area (TPSA) is 102 Å². The van der Waals surface area contributed by atoms with Crippen molar-refractivity contribution in [3.8, 4) is 0 Å². The normalized spacial score (nSPS) is 21.7. The molecule has 1 aliphatic heterocycles. The van der Waals surface area contributed by atoms with Gasteiger partial charge in [0.25, 0.3) is 5.56 Å². The van der Waals surface area contributed by atoms with Crippen molar-refractivity contribution in [2.24, 2.45) is 20.0 Å². The number of nitrogens with zero attached hydrogens (tertiary/aromatic N) is 3. The first-order valence-corrected chi connectivity index (χ1v) is 10.1. The van der Waals surface area contributed by atoms with Gasteiger partial charge in [0, 0.05) is 51.8 Å². The Labute approximate surface area is 148 Å². The summed E-state index contributed by atoms with van der Waals surface area (Å²) in [6, 6.07) is 1.92. The van der Waals surface area contributed by atoms with E-state index in [-0.39, 0.29) is 31.5 Å². The number of thiophene rings is 1. The van der Waals surface area contributed by atoms with Crippen molar-refractivity contribution in [2.45, 2.75) is 10.8 Å². The fourth-order valence-electron chi connectivity index (χ4n) is 3.17. The maximum Gasteiger partial charge on any atom is 0.330 e. The molecule has 1 fully saturated rings. The number of aromatic nitrogens is 2. The highest BCUT2D eigenvalue weighted by molar-refractivity contribution is 7.89. The molecule has 1 aliphatic rings. The quantitative estimate of drug-likeness (QED) is 0.768. The van der Waals surface area contributed by atoms with Crippen LogP contribution in [0.1, 0.15) is 11.5 Å². The van der Waals surface area contributed by atoms with E-state index in [0.717, 1.165) is 20.9 Å². The maximum absolute atomic E-state index is 13.0. The van der Waals surface area contributed by atoms with Crippen LogP contribution < -0.4 is 11.2 Å². The third-order valence-electron chi connectivity index (χ3n) is 4.65. The fraction of sp³-hybridized carbons (Fsp3) is 0.467. The molecule has 1 saturated heterocycles. The lowest BCUT2D eigenvalue weighted by Gasteiger charge is -2.17. The number of rotatable bonds is 4. The van der Waals surface area contributed by atoms with Gasteiger partial charge >= 0.3 is 5.69 Å². The van der Waals surface area contributed by atoms with Crippen molar-refractivity contribution >= 4 is 21.4 Å². The second-order valence-corrected chi connectivity index (χ2v) is 8.87. The zero-order valence-electron chi connectivity index (χ0n) is 13.8. The summed E-state index contributed by atoms with van der Waals surface area (Å²) in [5.74, 6) is -0.358. The number of sulfonamides is 1. The van der Waals surface area contributed by atoms with E-state index in [9.17, 15) is 23.1 Å². The Hall–Kier alpha value is -1.75. The first-order valence-electron chi connectivity index (χ1n) is 7.67. The van der Waals surface area contributed by atoms with Gasteiger partial charge in [-0.3, -0.25) is 9.36 Å². The molecule has 0 aromatic carbocycles. The minimum atomic E-state index is -4.07. The molecule has 0 unspecified atom stereocenters.